The van der Waals surface area contributed by atoms with Gasteiger partial charge in [-0.1, -0.05) is 0 Å². The molecule has 0 saturated heterocycles. The van der Waals surface area contributed by atoms with Crippen LogP contribution in [0, 0.1) is 49.4 Å². The third kappa shape index (κ3) is 6.52. The average molecular weight is 240 g/mol. The molecule has 0 radical (unpaired) electrons. The quantitative estimate of drug-likeness (QED) is 0.411. The van der Waals surface area contributed by atoms with Gasteiger partial charge >= 0.3 is 49.4 Å². The summed E-state index contributed by atoms with van der Waals surface area (Å²) in [5.74, 6) is -4.37. The van der Waals surface area contributed by atoms with Gasteiger partial charge in [-0.25, -0.2) is 0 Å². The number of carbonyl (C=O) groups excluding carboxylic acids is 2. The number of carbonyl (C=O) groups is 2. The first kappa shape index (κ1) is 10.5. The van der Waals surface area contributed by atoms with Gasteiger partial charge in [-0.15, -0.1) is 0 Å². The molecule has 0 aliphatic rings. The molecule has 5 heteroatoms. The maximum Gasteiger partial charge on any atom is 3.00 e. The summed E-state index contributed by atoms with van der Waals surface area (Å²) < 4.78 is 0. The summed E-state index contributed by atoms with van der Waals surface area (Å²) in [5.41, 5.74) is 0. The smallest absolute Gasteiger partial charge is 0.543 e. The third-order valence-electron chi connectivity index (χ3n) is 0.167. The van der Waals surface area contributed by atoms with E-state index in [0.717, 1.165) is 0 Å². The molecule has 0 aromatic rings. The zero-order valence-electron chi connectivity index (χ0n) is 3.01. The van der Waals surface area contributed by atoms with Crippen molar-refractivity contribution in [3.8, 4) is 0 Å². The molecule has 0 aliphatic heterocycles. The number of hydrogen-bond donors (Lipinski definition) is 0. The molecular weight excluding hydrogens is 240 g/mol. The molecule has 0 aliphatic carbocycles. The van der Waals surface area contributed by atoms with Crippen LogP contribution in [0.25, 0.3) is 0 Å². The molecule has 0 amide bonds. The van der Waals surface area contributed by atoms with Gasteiger partial charge in [0.1, 0.15) is 0 Å². The largest absolute Gasteiger partial charge is 3.00 e. The molecule has 0 atom stereocenters. The van der Waals surface area contributed by atoms with Crippen LogP contribution in [-0.2, 0) is 9.59 Å². The summed E-state index contributed by atoms with van der Waals surface area (Å²) >= 11 is 0. The zero-order valence-corrected chi connectivity index (χ0v) is 5.44. The molecule has 0 rings (SSSR count). The molecule has 0 aromatic carbocycles. The number of carboxylic acids is 2. The predicted octanol–water partition coefficient (Wildman–Crippen LogP) is -3.51. The molecule has 0 spiro atoms. The fraction of sp³-hybridized carbons (Fsp3) is 0. The third-order valence-corrected chi connectivity index (χ3v) is 0.167. The van der Waals surface area contributed by atoms with Crippen molar-refractivity contribution in [1.82, 2.24) is 0 Å². The Morgan fingerprint density at radius 3 is 1.14 bits per heavy atom. The summed E-state index contributed by atoms with van der Waals surface area (Å²) in [6, 6.07) is 0. The number of carboxylic acid groups (broad SMARTS) is 2. The molecule has 0 heterocycles. The standard InChI is InChI=1S/C2H2O4.Eu/c3-1(4)2(5)6;/h(H,3,4)(H,5,6);/q;+3/p-2. The molecule has 0 fully saturated rings. The van der Waals surface area contributed by atoms with E-state index in [9.17, 15) is 0 Å². The Bertz CT molecular complexity index is 75.7. The van der Waals surface area contributed by atoms with Gasteiger partial charge in [-0.05, 0) is 0 Å². The summed E-state index contributed by atoms with van der Waals surface area (Å²) in [6.45, 7) is 0. The van der Waals surface area contributed by atoms with E-state index in [-0.39, 0.29) is 49.4 Å². The first-order chi connectivity index (χ1) is 2.64. The molecule has 0 bridgehead atoms. The maximum absolute atomic E-state index is 8.93. The van der Waals surface area contributed by atoms with Crippen LogP contribution in [0.15, 0.2) is 0 Å². The van der Waals surface area contributed by atoms with Crippen LogP contribution in [-0.4, -0.2) is 11.9 Å². The van der Waals surface area contributed by atoms with E-state index >= 15 is 0 Å². The van der Waals surface area contributed by atoms with Crippen LogP contribution >= 0.6 is 0 Å². The van der Waals surface area contributed by atoms with Crippen molar-refractivity contribution in [3.63, 3.8) is 0 Å². The minimum atomic E-state index is -2.19. The topological polar surface area (TPSA) is 80.3 Å². The average Bonchev–Trinajstić information content (AvgIpc) is 1.36. The van der Waals surface area contributed by atoms with Gasteiger partial charge in [0.2, 0.25) is 0 Å². The van der Waals surface area contributed by atoms with Gasteiger partial charge in [-0.3, -0.25) is 0 Å². The van der Waals surface area contributed by atoms with Crippen molar-refractivity contribution in [2.24, 2.45) is 0 Å². The van der Waals surface area contributed by atoms with Gasteiger partial charge in [0.15, 0.2) is 0 Å². The Kier molecular flexibility index (Phi) is 7.01. The zero-order chi connectivity index (χ0) is 5.15. The van der Waals surface area contributed by atoms with Crippen molar-refractivity contribution in [1.29, 1.82) is 0 Å². The summed E-state index contributed by atoms with van der Waals surface area (Å²) in [4.78, 5) is 17.9. The van der Waals surface area contributed by atoms with Crippen LogP contribution in [0.3, 0.4) is 0 Å². The van der Waals surface area contributed by atoms with Gasteiger partial charge in [0, 0.05) is 0 Å². The van der Waals surface area contributed by atoms with Crippen molar-refractivity contribution in [2.75, 3.05) is 0 Å². The Balaban J connectivity index is 0. The minimum absolute atomic E-state index is 0. The minimum Gasteiger partial charge on any atom is -0.543 e. The van der Waals surface area contributed by atoms with E-state index < -0.39 is 11.9 Å². The van der Waals surface area contributed by atoms with Crippen LogP contribution in [0.4, 0.5) is 0 Å². The van der Waals surface area contributed by atoms with Gasteiger partial charge < -0.3 is 19.8 Å². The Morgan fingerprint density at radius 1 is 1.00 bits per heavy atom. The second-order valence-corrected chi connectivity index (χ2v) is 0.575. The van der Waals surface area contributed by atoms with Crippen molar-refractivity contribution >= 4 is 11.9 Å². The first-order valence-electron chi connectivity index (χ1n) is 1.07. The van der Waals surface area contributed by atoms with E-state index in [1.54, 1.807) is 0 Å². The van der Waals surface area contributed by atoms with Gasteiger partial charge in [0.05, 0.1) is 11.9 Å². The Labute approximate surface area is 80.1 Å². The molecule has 38 valence electrons. The Hall–Kier alpha value is 0.524. The SMILES string of the molecule is O=C([O-])C(=O)[O-].[Eu+3]. The molecule has 0 saturated carbocycles. The molecule has 4 nitrogen and oxygen atoms in total. The van der Waals surface area contributed by atoms with Crippen molar-refractivity contribution in [3.05, 3.63) is 0 Å². The van der Waals surface area contributed by atoms with Crippen LogP contribution in [0.2, 0.25) is 0 Å². The maximum atomic E-state index is 8.93. The predicted molar refractivity (Wildman–Crippen MR) is 10.0 cm³/mol. The van der Waals surface area contributed by atoms with Crippen LogP contribution in [0.1, 0.15) is 0 Å². The summed E-state index contributed by atoms with van der Waals surface area (Å²) in [6.07, 6.45) is 0. The van der Waals surface area contributed by atoms with Crippen molar-refractivity contribution < 1.29 is 69.2 Å². The van der Waals surface area contributed by atoms with Crippen molar-refractivity contribution in [2.45, 2.75) is 0 Å². The molecule has 0 N–H and O–H groups in total. The number of rotatable bonds is 0. The summed E-state index contributed by atoms with van der Waals surface area (Å²) in [7, 11) is 0. The molecule has 0 unspecified atom stereocenters. The van der Waals surface area contributed by atoms with E-state index in [1.807, 2.05) is 0 Å². The van der Waals surface area contributed by atoms with Crippen LogP contribution < -0.4 is 10.2 Å². The van der Waals surface area contributed by atoms with E-state index in [4.69, 9.17) is 19.8 Å². The number of hydrogen-bond acceptors (Lipinski definition) is 4. The number of aliphatic carboxylic acids is 2. The Morgan fingerprint density at radius 2 is 1.14 bits per heavy atom. The molecule has 7 heavy (non-hydrogen) atoms. The monoisotopic (exact) mass is 241 g/mol. The molecular formula is C2EuO4+. The van der Waals surface area contributed by atoms with E-state index in [2.05, 4.69) is 0 Å². The summed E-state index contributed by atoms with van der Waals surface area (Å²) in [5, 5.41) is 17.9. The second-order valence-electron chi connectivity index (χ2n) is 0.575. The molecule has 0 aromatic heterocycles. The van der Waals surface area contributed by atoms with Gasteiger partial charge in [0.25, 0.3) is 0 Å². The van der Waals surface area contributed by atoms with E-state index in [1.165, 1.54) is 0 Å². The first-order valence-corrected chi connectivity index (χ1v) is 1.07. The van der Waals surface area contributed by atoms with Crippen LogP contribution in [0.5, 0.6) is 0 Å². The second kappa shape index (κ2) is 4.68. The fourth-order valence-corrected chi connectivity index (χ4v) is 0. The fourth-order valence-electron chi connectivity index (χ4n) is 0. The van der Waals surface area contributed by atoms with Gasteiger partial charge in [-0.2, -0.15) is 0 Å². The normalized spacial score (nSPS) is 6.29. The van der Waals surface area contributed by atoms with E-state index in [0.29, 0.717) is 0 Å².